The molecule has 1 rings (SSSR count). The lowest BCUT2D eigenvalue weighted by molar-refractivity contribution is -0.154. The first-order valence-electron chi connectivity index (χ1n) is 7.50. The van der Waals surface area contributed by atoms with Gasteiger partial charge in [-0.05, 0) is 45.4 Å². The van der Waals surface area contributed by atoms with E-state index in [1.54, 1.807) is 18.7 Å². The van der Waals surface area contributed by atoms with Crippen LogP contribution in [0.4, 0.5) is 0 Å². The summed E-state index contributed by atoms with van der Waals surface area (Å²) in [5.74, 6) is -0.856. The fraction of sp³-hybridized carbons (Fsp3) is 0.867. The lowest BCUT2D eigenvalue weighted by atomic mass is 9.74. The summed E-state index contributed by atoms with van der Waals surface area (Å²) in [7, 11) is 0. The van der Waals surface area contributed by atoms with Gasteiger partial charge in [-0.3, -0.25) is 9.59 Å². The fourth-order valence-electron chi connectivity index (χ4n) is 2.79. The van der Waals surface area contributed by atoms with Crippen LogP contribution in [-0.4, -0.2) is 40.5 Å². The largest absolute Gasteiger partial charge is 0.481 e. The molecule has 0 spiro atoms. The van der Waals surface area contributed by atoms with Crippen LogP contribution in [-0.2, 0) is 9.59 Å². The average molecular weight is 284 g/mol. The van der Waals surface area contributed by atoms with Gasteiger partial charge in [0.15, 0.2) is 0 Å². The zero-order valence-corrected chi connectivity index (χ0v) is 13.1. The second-order valence-electron chi connectivity index (χ2n) is 6.48. The third-order valence-electron chi connectivity index (χ3n) is 4.97. The lowest BCUT2D eigenvalue weighted by Crippen LogP contribution is -2.58. The van der Waals surface area contributed by atoms with Gasteiger partial charge in [0.1, 0.15) is 0 Å². The molecule has 1 amide bonds. The number of carboxylic acids is 1. The number of aliphatic carboxylic acids is 1. The van der Waals surface area contributed by atoms with Gasteiger partial charge >= 0.3 is 5.97 Å². The Kier molecular flexibility index (Phi) is 5.19. The van der Waals surface area contributed by atoms with Gasteiger partial charge < -0.3 is 15.7 Å². The molecule has 1 fully saturated rings. The molecule has 0 radical (unpaired) electrons. The van der Waals surface area contributed by atoms with Crippen LogP contribution in [0.1, 0.15) is 53.4 Å². The number of carboxylic acid groups (broad SMARTS) is 1. The van der Waals surface area contributed by atoms with Crippen molar-refractivity contribution in [3.05, 3.63) is 0 Å². The Balaban J connectivity index is 2.85. The van der Waals surface area contributed by atoms with Crippen molar-refractivity contribution in [2.45, 2.75) is 58.9 Å². The summed E-state index contributed by atoms with van der Waals surface area (Å²) < 4.78 is 0. The maximum Gasteiger partial charge on any atom is 0.309 e. The van der Waals surface area contributed by atoms with Crippen molar-refractivity contribution in [3.8, 4) is 0 Å². The van der Waals surface area contributed by atoms with E-state index in [0.29, 0.717) is 25.9 Å². The summed E-state index contributed by atoms with van der Waals surface area (Å²) in [6.07, 6.45) is 2.90. The molecule has 1 aliphatic rings. The zero-order valence-electron chi connectivity index (χ0n) is 13.1. The molecule has 0 aromatic carbocycles. The lowest BCUT2D eigenvalue weighted by Gasteiger charge is -2.42. The van der Waals surface area contributed by atoms with E-state index < -0.39 is 16.9 Å². The normalized spacial score (nSPS) is 20.9. The maximum absolute atomic E-state index is 12.6. The van der Waals surface area contributed by atoms with Crippen molar-refractivity contribution in [3.63, 3.8) is 0 Å². The maximum atomic E-state index is 12.6. The van der Waals surface area contributed by atoms with Crippen LogP contribution in [0, 0.1) is 11.3 Å². The molecule has 20 heavy (non-hydrogen) atoms. The Morgan fingerprint density at radius 3 is 2.30 bits per heavy atom. The molecule has 0 aromatic rings. The molecule has 0 bridgehead atoms. The Bertz CT molecular complexity index is 375. The fourth-order valence-corrected chi connectivity index (χ4v) is 2.79. The molecular formula is C15H28N2O3. The van der Waals surface area contributed by atoms with Crippen molar-refractivity contribution >= 4 is 11.9 Å². The molecular weight excluding hydrogens is 256 g/mol. The Morgan fingerprint density at radius 1 is 1.30 bits per heavy atom. The summed E-state index contributed by atoms with van der Waals surface area (Å²) >= 11 is 0. The minimum absolute atomic E-state index is 0.0179. The Labute approximate surface area is 121 Å². The van der Waals surface area contributed by atoms with E-state index >= 15 is 0 Å². The highest BCUT2D eigenvalue weighted by Crippen LogP contribution is 2.35. The van der Waals surface area contributed by atoms with E-state index in [-0.39, 0.29) is 11.8 Å². The van der Waals surface area contributed by atoms with Crippen molar-refractivity contribution in [2.24, 2.45) is 17.1 Å². The number of carbonyl (C=O) groups is 2. The van der Waals surface area contributed by atoms with Gasteiger partial charge in [0, 0.05) is 13.1 Å². The topological polar surface area (TPSA) is 83.6 Å². The number of nitrogens with zero attached hydrogens (tertiary/aromatic N) is 1. The minimum Gasteiger partial charge on any atom is -0.481 e. The third-order valence-corrected chi connectivity index (χ3v) is 4.97. The van der Waals surface area contributed by atoms with Gasteiger partial charge in [-0.1, -0.05) is 13.8 Å². The van der Waals surface area contributed by atoms with Crippen LogP contribution in [0.15, 0.2) is 0 Å². The monoisotopic (exact) mass is 284 g/mol. The number of nitrogens with two attached hydrogens (primary N) is 1. The first-order valence-corrected chi connectivity index (χ1v) is 7.50. The summed E-state index contributed by atoms with van der Waals surface area (Å²) in [6.45, 7) is 8.50. The summed E-state index contributed by atoms with van der Waals surface area (Å²) in [5.41, 5.74) is 4.56. The molecule has 0 saturated carbocycles. The molecule has 0 aromatic heterocycles. The van der Waals surface area contributed by atoms with Crippen molar-refractivity contribution in [1.82, 2.24) is 4.90 Å². The molecule has 1 saturated heterocycles. The van der Waals surface area contributed by atoms with Gasteiger partial charge in [0.25, 0.3) is 0 Å². The number of carbonyl (C=O) groups excluding carboxylic acids is 1. The van der Waals surface area contributed by atoms with Crippen molar-refractivity contribution in [2.75, 3.05) is 13.1 Å². The first kappa shape index (κ1) is 17.0. The van der Waals surface area contributed by atoms with E-state index in [1.165, 1.54) is 0 Å². The van der Waals surface area contributed by atoms with E-state index in [2.05, 4.69) is 0 Å². The molecule has 116 valence electrons. The summed E-state index contributed by atoms with van der Waals surface area (Å²) in [5, 5.41) is 9.34. The second-order valence-corrected chi connectivity index (χ2v) is 6.48. The van der Waals surface area contributed by atoms with E-state index in [1.807, 2.05) is 13.8 Å². The number of hydrogen-bond acceptors (Lipinski definition) is 3. The van der Waals surface area contributed by atoms with Crippen LogP contribution in [0.2, 0.25) is 0 Å². The highest BCUT2D eigenvalue weighted by Gasteiger charge is 2.42. The second kappa shape index (κ2) is 6.12. The van der Waals surface area contributed by atoms with E-state index in [4.69, 9.17) is 5.73 Å². The first-order chi connectivity index (χ1) is 9.19. The van der Waals surface area contributed by atoms with Gasteiger partial charge in [-0.25, -0.2) is 0 Å². The smallest absolute Gasteiger partial charge is 0.309 e. The average Bonchev–Trinajstić information content (AvgIpc) is 2.45. The predicted octanol–water partition coefficient (Wildman–Crippen LogP) is 1.85. The van der Waals surface area contributed by atoms with Crippen LogP contribution in [0.5, 0.6) is 0 Å². The predicted molar refractivity (Wildman–Crippen MR) is 78.2 cm³/mol. The molecule has 5 nitrogen and oxygen atoms in total. The number of piperidine rings is 1. The molecule has 5 heteroatoms. The molecule has 0 aliphatic carbocycles. The van der Waals surface area contributed by atoms with Gasteiger partial charge in [-0.2, -0.15) is 0 Å². The van der Waals surface area contributed by atoms with E-state index in [0.717, 1.165) is 12.8 Å². The number of amides is 1. The van der Waals surface area contributed by atoms with Gasteiger partial charge in [-0.15, -0.1) is 0 Å². The van der Waals surface area contributed by atoms with Crippen LogP contribution in [0.3, 0.4) is 0 Å². The van der Waals surface area contributed by atoms with Crippen molar-refractivity contribution < 1.29 is 14.7 Å². The molecule has 1 aliphatic heterocycles. The summed E-state index contributed by atoms with van der Waals surface area (Å²) in [4.78, 5) is 25.7. The van der Waals surface area contributed by atoms with Crippen molar-refractivity contribution in [1.29, 1.82) is 0 Å². The minimum atomic E-state index is -0.811. The molecule has 1 atom stereocenters. The Morgan fingerprint density at radius 2 is 1.85 bits per heavy atom. The van der Waals surface area contributed by atoms with Crippen LogP contribution >= 0.6 is 0 Å². The SMILES string of the molecule is CCC(N)(CC)C(=O)N1CCCC(C(C)(C)C(=O)O)C1. The molecule has 1 unspecified atom stereocenters. The van der Waals surface area contributed by atoms with E-state index in [9.17, 15) is 14.7 Å². The van der Waals surface area contributed by atoms with Crippen LogP contribution in [0.25, 0.3) is 0 Å². The van der Waals surface area contributed by atoms with Crippen LogP contribution < -0.4 is 5.73 Å². The molecule has 1 heterocycles. The summed E-state index contributed by atoms with van der Waals surface area (Å²) in [6, 6.07) is 0. The zero-order chi connectivity index (χ0) is 15.6. The number of hydrogen-bond donors (Lipinski definition) is 2. The van der Waals surface area contributed by atoms with Gasteiger partial charge in [0.2, 0.25) is 5.91 Å². The number of likely N-dealkylation sites (tertiary alicyclic amines) is 1. The molecule has 3 N–H and O–H groups in total. The highest BCUT2D eigenvalue weighted by molar-refractivity contribution is 5.86. The highest BCUT2D eigenvalue weighted by atomic mass is 16.4. The number of rotatable bonds is 5. The third kappa shape index (κ3) is 3.14. The standard InChI is InChI=1S/C15H28N2O3/c1-5-15(16,6-2)12(18)17-9-7-8-11(10-17)14(3,4)13(19)20/h11H,5-10,16H2,1-4H3,(H,19,20). The Hall–Kier alpha value is -1.10. The quantitative estimate of drug-likeness (QED) is 0.807. The van der Waals surface area contributed by atoms with Gasteiger partial charge in [0.05, 0.1) is 11.0 Å².